The van der Waals surface area contributed by atoms with Crippen LogP contribution < -0.4 is 0 Å². The lowest BCUT2D eigenvalue weighted by molar-refractivity contribution is 0.0722. The van der Waals surface area contributed by atoms with Crippen LogP contribution in [0.25, 0.3) is 0 Å². The quantitative estimate of drug-likeness (QED) is 0.646. The molecule has 0 saturated heterocycles. The summed E-state index contributed by atoms with van der Waals surface area (Å²) in [7, 11) is 1.68. The first-order valence-corrected chi connectivity index (χ1v) is 4.95. The van der Waals surface area contributed by atoms with Crippen LogP contribution in [0.15, 0.2) is 24.3 Å². The van der Waals surface area contributed by atoms with Gasteiger partial charge in [0.05, 0.1) is 19.8 Å². The standard InChI is InChI=1S/C12H18O2/c1-11-4-3-5-12(10-11)6-7-14-9-8-13-2/h3-5,10H,6-9H2,1-2H3. The van der Waals surface area contributed by atoms with Crippen LogP contribution in [0.3, 0.4) is 0 Å². The van der Waals surface area contributed by atoms with Gasteiger partial charge in [-0.25, -0.2) is 0 Å². The van der Waals surface area contributed by atoms with Crippen LogP contribution >= 0.6 is 0 Å². The Morgan fingerprint density at radius 3 is 2.71 bits per heavy atom. The molecular weight excluding hydrogens is 176 g/mol. The normalized spacial score (nSPS) is 10.4. The van der Waals surface area contributed by atoms with Crippen LogP contribution in [0.1, 0.15) is 11.1 Å². The van der Waals surface area contributed by atoms with E-state index in [-0.39, 0.29) is 0 Å². The summed E-state index contributed by atoms with van der Waals surface area (Å²) in [6.07, 6.45) is 0.978. The summed E-state index contributed by atoms with van der Waals surface area (Å²) < 4.78 is 10.3. The molecular formula is C12H18O2. The molecule has 0 aromatic heterocycles. The molecule has 0 spiro atoms. The first-order chi connectivity index (χ1) is 6.83. The highest BCUT2D eigenvalue weighted by Crippen LogP contribution is 2.04. The molecule has 0 aliphatic rings. The lowest BCUT2D eigenvalue weighted by Gasteiger charge is -2.04. The van der Waals surface area contributed by atoms with E-state index in [1.807, 2.05) is 0 Å². The lowest BCUT2D eigenvalue weighted by atomic mass is 10.1. The molecule has 78 valence electrons. The van der Waals surface area contributed by atoms with Crippen molar-refractivity contribution in [2.24, 2.45) is 0 Å². The van der Waals surface area contributed by atoms with Gasteiger partial charge < -0.3 is 9.47 Å². The SMILES string of the molecule is COCCOCCc1cccc(C)c1. The molecule has 2 nitrogen and oxygen atoms in total. The van der Waals surface area contributed by atoms with Gasteiger partial charge in [-0.3, -0.25) is 0 Å². The van der Waals surface area contributed by atoms with Crippen LogP contribution in [0.4, 0.5) is 0 Å². The van der Waals surface area contributed by atoms with E-state index in [9.17, 15) is 0 Å². The van der Waals surface area contributed by atoms with Crippen molar-refractivity contribution < 1.29 is 9.47 Å². The van der Waals surface area contributed by atoms with Crippen LogP contribution in [0.5, 0.6) is 0 Å². The Bertz CT molecular complexity index is 258. The molecule has 1 aromatic rings. The van der Waals surface area contributed by atoms with E-state index < -0.39 is 0 Å². The van der Waals surface area contributed by atoms with Gasteiger partial charge in [-0.15, -0.1) is 0 Å². The second kappa shape index (κ2) is 6.57. The molecule has 0 saturated carbocycles. The van der Waals surface area contributed by atoms with Crippen molar-refractivity contribution in [3.05, 3.63) is 35.4 Å². The van der Waals surface area contributed by atoms with Crippen LogP contribution in [0.2, 0.25) is 0 Å². The number of aryl methyl sites for hydroxylation is 1. The van der Waals surface area contributed by atoms with E-state index in [0.717, 1.165) is 13.0 Å². The average molecular weight is 194 g/mol. The summed E-state index contributed by atoms with van der Waals surface area (Å²) >= 11 is 0. The zero-order valence-electron chi connectivity index (χ0n) is 8.95. The van der Waals surface area contributed by atoms with Gasteiger partial charge in [0.2, 0.25) is 0 Å². The summed E-state index contributed by atoms with van der Waals surface area (Å²) in [6, 6.07) is 8.52. The summed E-state index contributed by atoms with van der Waals surface area (Å²) in [5.41, 5.74) is 2.64. The highest BCUT2D eigenvalue weighted by Gasteiger charge is 1.93. The predicted octanol–water partition coefficient (Wildman–Crippen LogP) is 2.20. The molecule has 0 atom stereocenters. The van der Waals surface area contributed by atoms with Gasteiger partial charge in [0, 0.05) is 7.11 Å². The highest BCUT2D eigenvalue weighted by atomic mass is 16.5. The monoisotopic (exact) mass is 194 g/mol. The fraction of sp³-hybridized carbons (Fsp3) is 0.500. The number of hydrogen-bond acceptors (Lipinski definition) is 2. The smallest absolute Gasteiger partial charge is 0.0700 e. The van der Waals surface area contributed by atoms with Crippen molar-refractivity contribution in [2.75, 3.05) is 26.9 Å². The van der Waals surface area contributed by atoms with Gasteiger partial charge in [-0.05, 0) is 18.9 Å². The van der Waals surface area contributed by atoms with E-state index in [2.05, 4.69) is 31.2 Å². The van der Waals surface area contributed by atoms with E-state index in [1.54, 1.807) is 7.11 Å². The fourth-order valence-corrected chi connectivity index (χ4v) is 1.30. The molecule has 0 amide bonds. The van der Waals surface area contributed by atoms with E-state index in [1.165, 1.54) is 11.1 Å². The average Bonchev–Trinajstić information content (AvgIpc) is 2.18. The summed E-state index contributed by atoms with van der Waals surface area (Å²) in [4.78, 5) is 0. The first kappa shape index (κ1) is 11.2. The predicted molar refractivity (Wildman–Crippen MR) is 57.6 cm³/mol. The maximum atomic E-state index is 5.39. The summed E-state index contributed by atoms with van der Waals surface area (Å²) in [5, 5.41) is 0. The lowest BCUT2D eigenvalue weighted by Crippen LogP contribution is -2.04. The molecule has 2 heteroatoms. The van der Waals surface area contributed by atoms with Gasteiger partial charge in [0.25, 0.3) is 0 Å². The van der Waals surface area contributed by atoms with Crippen molar-refractivity contribution >= 4 is 0 Å². The van der Waals surface area contributed by atoms with Crippen molar-refractivity contribution in [3.63, 3.8) is 0 Å². The minimum Gasteiger partial charge on any atom is -0.382 e. The minimum atomic E-state index is 0.674. The Labute approximate surface area is 85.8 Å². The summed E-state index contributed by atoms with van der Waals surface area (Å²) in [6.45, 7) is 4.23. The Balaban J connectivity index is 2.18. The zero-order chi connectivity index (χ0) is 10.2. The topological polar surface area (TPSA) is 18.5 Å². The molecule has 0 N–H and O–H groups in total. The highest BCUT2D eigenvalue weighted by molar-refractivity contribution is 5.22. The molecule has 0 fully saturated rings. The van der Waals surface area contributed by atoms with Crippen molar-refractivity contribution in [2.45, 2.75) is 13.3 Å². The third kappa shape index (κ3) is 4.40. The Morgan fingerprint density at radius 2 is 2.00 bits per heavy atom. The molecule has 14 heavy (non-hydrogen) atoms. The second-order valence-electron chi connectivity index (χ2n) is 3.34. The Morgan fingerprint density at radius 1 is 1.14 bits per heavy atom. The first-order valence-electron chi connectivity index (χ1n) is 4.95. The Hall–Kier alpha value is -0.860. The molecule has 0 bridgehead atoms. The zero-order valence-corrected chi connectivity index (χ0v) is 8.95. The van der Waals surface area contributed by atoms with Crippen molar-refractivity contribution in [3.8, 4) is 0 Å². The van der Waals surface area contributed by atoms with E-state index >= 15 is 0 Å². The summed E-state index contributed by atoms with van der Waals surface area (Å²) in [5.74, 6) is 0. The van der Waals surface area contributed by atoms with Crippen LogP contribution in [-0.4, -0.2) is 26.9 Å². The van der Waals surface area contributed by atoms with E-state index in [0.29, 0.717) is 13.2 Å². The molecule has 1 rings (SSSR count). The van der Waals surface area contributed by atoms with Gasteiger partial charge in [0.1, 0.15) is 0 Å². The van der Waals surface area contributed by atoms with Gasteiger partial charge in [-0.2, -0.15) is 0 Å². The fourth-order valence-electron chi connectivity index (χ4n) is 1.30. The maximum absolute atomic E-state index is 5.39. The third-order valence-electron chi connectivity index (χ3n) is 2.05. The van der Waals surface area contributed by atoms with E-state index in [4.69, 9.17) is 9.47 Å². The molecule has 0 aliphatic heterocycles. The number of hydrogen-bond donors (Lipinski definition) is 0. The second-order valence-corrected chi connectivity index (χ2v) is 3.34. The van der Waals surface area contributed by atoms with Gasteiger partial charge in [-0.1, -0.05) is 29.8 Å². The minimum absolute atomic E-state index is 0.674. The number of rotatable bonds is 6. The number of benzene rings is 1. The Kier molecular flexibility index (Phi) is 5.27. The number of ether oxygens (including phenoxy) is 2. The van der Waals surface area contributed by atoms with Crippen molar-refractivity contribution in [1.82, 2.24) is 0 Å². The molecule has 0 radical (unpaired) electrons. The third-order valence-corrected chi connectivity index (χ3v) is 2.05. The molecule has 0 unspecified atom stereocenters. The van der Waals surface area contributed by atoms with Gasteiger partial charge in [0.15, 0.2) is 0 Å². The van der Waals surface area contributed by atoms with Gasteiger partial charge >= 0.3 is 0 Å². The maximum Gasteiger partial charge on any atom is 0.0700 e. The van der Waals surface area contributed by atoms with Crippen molar-refractivity contribution in [1.29, 1.82) is 0 Å². The van der Waals surface area contributed by atoms with Crippen LogP contribution in [-0.2, 0) is 15.9 Å². The largest absolute Gasteiger partial charge is 0.382 e. The molecule has 1 aromatic carbocycles. The molecule has 0 aliphatic carbocycles. The number of methoxy groups -OCH3 is 1. The van der Waals surface area contributed by atoms with Crippen LogP contribution in [0, 0.1) is 6.92 Å². The molecule has 0 heterocycles.